The zero-order valence-corrected chi connectivity index (χ0v) is 10.6. The van der Waals surface area contributed by atoms with Crippen LogP contribution in [0.15, 0.2) is 24.0 Å². The van der Waals surface area contributed by atoms with Crippen LogP contribution in [0.1, 0.15) is 12.5 Å². The van der Waals surface area contributed by atoms with Crippen molar-refractivity contribution in [1.29, 1.82) is 0 Å². The van der Waals surface area contributed by atoms with Crippen molar-refractivity contribution < 1.29 is 23.8 Å². The van der Waals surface area contributed by atoms with Gasteiger partial charge in [-0.05, 0) is 30.7 Å². The number of hydrogen-bond donors (Lipinski definition) is 1. The first kappa shape index (κ1) is 12.9. The summed E-state index contributed by atoms with van der Waals surface area (Å²) in [6.45, 7) is 2.35. The molecule has 2 amide bonds. The molecule has 2 rings (SSSR count). The first-order valence-electron chi connectivity index (χ1n) is 5.69. The van der Waals surface area contributed by atoms with Crippen LogP contribution >= 0.6 is 0 Å². The molecular formula is C13H13NO5. The van der Waals surface area contributed by atoms with E-state index >= 15 is 0 Å². The van der Waals surface area contributed by atoms with Crippen LogP contribution in [-0.2, 0) is 9.53 Å². The molecule has 1 aliphatic heterocycles. The molecule has 0 bridgehead atoms. The SMILES string of the molecule is CCOc1cc(/C=C2/OC(=O)NC2=O)ccc1OC. The first-order chi connectivity index (χ1) is 9.13. The van der Waals surface area contributed by atoms with Gasteiger partial charge in [-0.2, -0.15) is 0 Å². The second-order valence-corrected chi connectivity index (χ2v) is 3.70. The average Bonchev–Trinajstić information content (AvgIpc) is 2.69. The van der Waals surface area contributed by atoms with Crippen LogP contribution in [0.3, 0.4) is 0 Å². The third-order valence-electron chi connectivity index (χ3n) is 2.43. The fourth-order valence-electron chi connectivity index (χ4n) is 1.62. The number of rotatable bonds is 4. The summed E-state index contributed by atoms with van der Waals surface area (Å²) < 4.78 is 15.3. The fourth-order valence-corrected chi connectivity index (χ4v) is 1.62. The molecule has 0 saturated carbocycles. The van der Waals surface area contributed by atoms with Gasteiger partial charge in [0.1, 0.15) is 0 Å². The molecule has 6 nitrogen and oxygen atoms in total. The minimum Gasteiger partial charge on any atom is -0.493 e. The molecule has 0 unspecified atom stereocenters. The number of cyclic esters (lactones) is 1. The lowest BCUT2D eigenvalue weighted by Crippen LogP contribution is -2.18. The van der Waals surface area contributed by atoms with E-state index in [4.69, 9.17) is 14.2 Å². The summed E-state index contributed by atoms with van der Waals surface area (Å²) in [4.78, 5) is 22.2. The van der Waals surface area contributed by atoms with Crippen LogP contribution < -0.4 is 14.8 Å². The number of hydrogen-bond acceptors (Lipinski definition) is 5. The van der Waals surface area contributed by atoms with Crippen LogP contribution in [0.4, 0.5) is 4.79 Å². The number of alkyl carbamates (subject to hydrolysis) is 1. The van der Waals surface area contributed by atoms with Crippen molar-refractivity contribution in [2.24, 2.45) is 0 Å². The largest absolute Gasteiger partial charge is 0.493 e. The molecule has 100 valence electrons. The minimum absolute atomic E-state index is 0.0439. The number of ether oxygens (including phenoxy) is 3. The molecule has 1 aromatic rings. The Morgan fingerprint density at radius 1 is 1.32 bits per heavy atom. The summed E-state index contributed by atoms with van der Waals surface area (Å²) in [6, 6.07) is 5.15. The lowest BCUT2D eigenvalue weighted by atomic mass is 10.1. The fraction of sp³-hybridized carbons (Fsp3) is 0.231. The molecule has 1 saturated heterocycles. The minimum atomic E-state index is -0.769. The van der Waals surface area contributed by atoms with Gasteiger partial charge in [0, 0.05) is 0 Å². The third-order valence-corrected chi connectivity index (χ3v) is 2.43. The van der Waals surface area contributed by atoms with Gasteiger partial charge in [-0.15, -0.1) is 0 Å². The van der Waals surface area contributed by atoms with E-state index < -0.39 is 12.0 Å². The topological polar surface area (TPSA) is 73.9 Å². The Labute approximate surface area is 110 Å². The van der Waals surface area contributed by atoms with Gasteiger partial charge in [-0.3, -0.25) is 10.1 Å². The number of nitrogens with one attached hydrogen (secondary N) is 1. The molecule has 1 aliphatic rings. The van der Waals surface area contributed by atoms with Gasteiger partial charge in [0.25, 0.3) is 5.91 Å². The summed E-state index contributed by atoms with van der Waals surface area (Å²) >= 11 is 0. The second-order valence-electron chi connectivity index (χ2n) is 3.70. The summed E-state index contributed by atoms with van der Waals surface area (Å²) in [6.07, 6.45) is 0.692. The Morgan fingerprint density at radius 2 is 2.11 bits per heavy atom. The Morgan fingerprint density at radius 3 is 2.68 bits per heavy atom. The Kier molecular flexibility index (Phi) is 3.70. The van der Waals surface area contributed by atoms with E-state index in [1.807, 2.05) is 12.2 Å². The van der Waals surface area contributed by atoms with E-state index in [9.17, 15) is 9.59 Å². The first-order valence-corrected chi connectivity index (χ1v) is 5.69. The van der Waals surface area contributed by atoms with Crippen molar-refractivity contribution in [3.05, 3.63) is 29.5 Å². The third kappa shape index (κ3) is 2.85. The Bertz CT molecular complexity index is 550. The van der Waals surface area contributed by atoms with Crippen LogP contribution in [0, 0.1) is 0 Å². The monoisotopic (exact) mass is 263 g/mol. The normalized spacial score (nSPS) is 16.2. The van der Waals surface area contributed by atoms with Crippen LogP contribution in [-0.4, -0.2) is 25.7 Å². The van der Waals surface area contributed by atoms with Crippen molar-refractivity contribution in [1.82, 2.24) is 5.32 Å². The lowest BCUT2D eigenvalue weighted by Gasteiger charge is -2.09. The van der Waals surface area contributed by atoms with Crippen molar-refractivity contribution in [2.75, 3.05) is 13.7 Å². The zero-order valence-electron chi connectivity index (χ0n) is 10.6. The number of carbonyl (C=O) groups excluding carboxylic acids is 2. The van der Waals surface area contributed by atoms with Gasteiger partial charge < -0.3 is 14.2 Å². The molecule has 6 heteroatoms. The average molecular weight is 263 g/mol. The van der Waals surface area contributed by atoms with Crippen molar-refractivity contribution >= 4 is 18.1 Å². The van der Waals surface area contributed by atoms with Gasteiger partial charge >= 0.3 is 6.09 Å². The second kappa shape index (κ2) is 5.43. The van der Waals surface area contributed by atoms with E-state index in [-0.39, 0.29) is 5.76 Å². The molecule has 0 spiro atoms. The zero-order chi connectivity index (χ0) is 13.8. The highest BCUT2D eigenvalue weighted by molar-refractivity contribution is 6.09. The van der Waals surface area contributed by atoms with Gasteiger partial charge in [0.05, 0.1) is 13.7 Å². The molecule has 0 atom stereocenters. The van der Waals surface area contributed by atoms with Gasteiger partial charge in [0.15, 0.2) is 17.3 Å². The standard InChI is InChI=1S/C13H13NO5/c1-3-18-10-6-8(4-5-9(10)17-2)7-11-12(15)14-13(16)19-11/h4-7H,3H2,1-2H3,(H,14,15,16)/b11-7+. The van der Waals surface area contributed by atoms with Gasteiger partial charge in [-0.1, -0.05) is 6.07 Å². The maximum atomic E-state index is 11.3. The highest BCUT2D eigenvalue weighted by Gasteiger charge is 2.26. The number of amides is 2. The summed E-state index contributed by atoms with van der Waals surface area (Å²) in [5, 5.41) is 2.03. The van der Waals surface area contributed by atoms with E-state index in [0.717, 1.165) is 0 Å². The summed E-state index contributed by atoms with van der Waals surface area (Å²) in [5.74, 6) is 0.553. The molecule has 1 aromatic carbocycles. The molecule has 1 heterocycles. The summed E-state index contributed by atoms with van der Waals surface area (Å²) in [7, 11) is 1.54. The predicted octanol–water partition coefficient (Wildman–Crippen LogP) is 1.70. The molecular weight excluding hydrogens is 250 g/mol. The highest BCUT2D eigenvalue weighted by Crippen LogP contribution is 2.29. The molecule has 0 aliphatic carbocycles. The number of carbonyl (C=O) groups is 2. The molecule has 0 aromatic heterocycles. The number of imide groups is 1. The molecule has 1 N–H and O–H groups in total. The van der Waals surface area contributed by atoms with Crippen molar-refractivity contribution in [3.63, 3.8) is 0 Å². The maximum Gasteiger partial charge on any atom is 0.419 e. The lowest BCUT2D eigenvalue weighted by molar-refractivity contribution is -0.116. The quantitative estimate of drug-likeness (QED) is 0.837. The maximum absolute atomic E-state index is 11.3. The highest BCUT2D eigenvalue weighted by atomic mass is 16.6. The van der Waals surface area contributed by atoms with Crippen LogP contribution in [0.25, 0.3) is 6.08 Å². The van der Waals surface area contributed by atoms with Gasteiger partial charge in [0.2, 0.25) is 0 Å². The molecule has 1 fully saturated rings. The van der Waals surface area contributed by atoms with Crippen LogP contribution in [0.5, 0.6) is 11.5 Å². The smallest absolute Gasteiger partial charge is 0.419 e. The Hall–Kier alpha value is -2.50. The number of benzene rings is 1. The predicted molar refractivity (Wildman–Crippen MR) is 66.8 cm³/mol. The van der Waals surface area contributed by atoms with E-state index in [0.29, 0.717) is 23.7 Å². The molecule has 19 heavy (non-hydrogen) atoms. The van der Waals surface area contributed by atoms with Crippen LogP contribution in [0.2, 0.25) is 0 Å². The Balaban J connectivity index is 2.31. The summed E-state index contributed by atoms with van der Waals surface area (Å²) in [5.41, 5.74) is 0.670. The van der Waals surface area contributed by atoms with Gasteiger partial charge in [-0.25, -0.2) is 4.79 Å². The van der Waals surface area contributed by atoms with Crippen molar-refractivity contribution in [2.45, 2.75) is 6.92 Å². The van der Waals surface area contributed by atoms with E-state index in [1.165, 1.54) is 6.08 Å². The molecule has 0 radical (unpaired) electrons. The number of methoxy groups -OCH3 is 1. The van der Waals surface area contributed by atoms with E-state index in [2.05, 4.69) is 0 Å². The van der Waals surface area contributed by atoms with Crippen molar-refractivity contribution in [3.8, 4) is 11.5 Å². The van der Waals surface area contributed by atoms with E-state index in [1.54, 1.807) is 25.3 Å².